The van der Waals surface area contributed by atoms with Crippen LogP contribution in [0.15, 0.2) is 12.4 Å². The van der Waals surface area contributed by atoms with E-state index < -0.39 is 11.5 Å². The van der Waals surface area contributed by atoms with Gasteiger partial charge < -0.3 is 10.0 Å². The van der Waals surface area contributed by atoms with E-state index in [1.807, 2.05) is 0 Å². The Morgan fingerprint density at radius 3 is 2.94 bits per heavy atom. The van der Waals surface area contributed by atoms with Crippen molar-refractivity contribution in [3.8, 4) is 0 Å². The minimum Gasteiger partial charge on any atom is -0.480 e. The van der Waals surface area contributed by atoms with Gasteiger partial charge in [-0.3, -0.25) is 9.89 Å². The van der Waals surface area contributed by atoms with Gasteiger partial charge in [0.05, 0.1) is 11.8 Å². The average Bonchev–Trinajstić information content (AvgIpc) is 2.85. The van der Waals surface area contributed by atoms with Crippen LogP contribution in [0.5, 0.6) is 0 Å². The molecule has 1 saturated heterocycles. The number of H-pyrrole nitrogens is 1. The van der Waals surface area contributed by atoms with Gasteiger partial charge in [-0.1, -0.05) is 0 Å². The second kappa shape index (κ2) is 3.62. The Hall–Kier alpha value is -1.85. The zero-order chi connectivity index (χ0) is 11.8. The molecule has 6 nitrogen and oxygen atoms in total. The van der Waals surface area contributed by atoms with Crippen LogP contribution in [0.4, 0.5) is 0 Å². The van der Waals surface area contributed by atoms with Gasteiger partial charge in [0.2, 0.25) is 0 Å². The molecule has 0 spiro atoms. The predicted molar refractivity (Wildman–Crippen MR) is 54.9 cm³/mol. The lowest BCUT2D eigenvalue weighted by atomic mass is 9.99. The molecule has 1 aliphatic heterocycles. The number of aromatic amines is 1. The lowest BCUT2D eigenvalue weighted by Crippen LogP contribution is -2.50. The molecule has 1 aliphatic rings. The van der Waals surface area contributed by atoms with Gasteiger partial charge in [-0.05, 0) is 19.8 Å². The molecule has 0 aromatic carbocycles. The number of carboxylic acids is 1. The monoisotopic (exact) mass is 223 g/mol. The summed E-state index contributed by atoms with van der Waals surface area (Å²) in [5, 5.41) is 15.4. The topological polar surface area (TPSA) is 86.3 Å². The first-order valence-electron chi connectivity index (χ1n) is 5.10. The standard InChI is InChI=1S/C10H13N3O3/c1-10(9(15)16)3-2-4-13(10)8(14)7-5-11-12-6-7/h5-6H,2-4H2,1H3,(H,11,12)(H,15,16). The van der Waals surface area contributed by atoms with Crippen molar-refractivity contribution < 1.29 is 14.7 Å². The zero-order valence-electron chi connectivity index (χ0n) is 8.93. The minimum atomic E-state index is -1.09. The number of carbonyl (C=O) groups excluding carboxylic acids is 1. The Labute approximate surface area is 92.3 Å². The van der Waals surface area contributed by atoms with Gasteiger partial charge in [-0.25, -0.2) is 4.79 Å². The highest BCUT2D eigenvalue weighted by Crippen LogP contribution is 2.30. The quantitative estimate of drug-likeness (QED) is 0.763. The summed E-state index contributed by atoms with van der Waals surface area (Å²) in [6.07, 6.45) is 4.09. The molecule has 0 bridgehead atoms. The second-order valence-corrected chi connectivity index (χ2v) is 4.13. The third-order valence-electron chi connectivity index (χ3n) is 3.09. The highest BCUT2D eigenvalue weighted by molar-refractivity contribution is 5.97. The lowest BCUT2D eigenvalue weighted by molar-refractivity contribution is -0.147. The van der Waals surface area contributed by atoms with E-state index in [4.69, 9.17) is 0 Å². The van der Waals surface area contributed by atoms with E-state index in [0.717, 1.165) is 0 Å². The van der Waals surface area contributed by atoms with Crippen molar-refractivity contribution in [1.29, 1.82) is 0 Å². The molecule has 2 N–H and O–H groups in total. The number of amides is 1. The van der Waals surface area contributed by atoms with Gasteiger partial charge in [-0.15, -0.1) is 0 Å². The number of nitrogens with one attached hydrogen (secondary N) is 1. The third-order valence-corrected chi connectivity index (χ3v) is 3.09. The van der Waals surface area contributed by atoms with Crippen LogP contribution in [-0.2, 0) is 4.79 Å². The number of nitrogens with zero attached hydrogens (tertiary/aromatic N) is 2. The Balaban J connectivity index is 2.27. The van der Waals surface area contributed by atoms with Crippen LogP contribution >= 0.6 is 0 Å². The molecule has 2 heterocycles. The molecular weight excluding hydrogens is 210 g/mol. The number of rotatable bonds is 2. The van der Waals surface area contributed by atoms with Crippen molar-refractivity contribution in [2.75, 3.05) is 6.54 Å². The summed E-state index contributed by atoms with van der Waals surface area (Å²) in [4.78, 5) is 24.6. The first-order chi connectivity index (χ1) is 7.55. The number of hydrogen-bond acceptors (Lipinski definition) is 3. The number of hydrogen-bond donors (Lipinski definition) is 2. The van der Waals surface area contributed by atoms with E-state index in [2.05, 4.69) is 10.2 Å². The molecular formula is C10H13N3O3. The molecule has 6 heteroatoms. The van der Waals surface area contributed by atoms with E-state index in [-0.39, 0.29) is 5.91 Å². The van der Waals surface area contributed by atoms with Crippen LogP contribution < -0.4 is 0 Å². The Bertz CT molecular complexity index is 415. The van der Waals surface area contributed by atoms with Crippen LogP contribution in [0.3, 0.4) is 0 Å². The number of aromatic nitrogens is 2. The largest absolute Gasteiger partial charge is 0.480 e. The van der Waals surface area contributed by atoms with Crippen molar-refractivity contribution in [1.82, 2.24) is 15.1 Å². The fraction of sp³-hybridized carbons (Fsp3) is 0.500. The van der Waals surface area contributed by atoms with Crippen molar-refractivity contribution in [2.45, 2.75) is 25.3 Å². The molecule has 2 rings (SSSR count). The van der Waals surface area contributed by atoms with Gasteiger partial charge in [0.15, 0.2) is 0 Å². The molecule has 1 amide bonds. The molecule has 0 saturated carbocycles. The van der Waals surface area contributed by atoms with Crippen molar-refractivity contribution >= 4 is 11.9 Å². The molecule has 0 radical (unpaired) electrons. The summed E-state index contributed by atoms with van der Waals surface area (Å²) in [5.74, 6) is -1.24. The van der Waals surface area contributed by atoms with Gasteiger partial charge in [0.1, 0.15) is 5.54 Å². The van der Waals surface area contributed by atoms with E-state index in [0.29, 0.717) is 24.9 Å². The maximum absolute atomic E-state index is 12.0. The lowest BCUT2D eigenvalue weighted by Gasteiger charge is -2.30. The van der Waals surface area contributed by atoms with Crippen LogP contribution in [0.2, 0.25) is 0 Å². The molecule has 1 unspecified atom stereocenters. The summed E-state index contributed by atoms with van der Waals surface area (Å²) < 4.78 is 0. The van der Waals surface area contributed by atoms with Crippen LogP contribution in [0.25, 0.3) is 0 Å². The maximum Gasteiger partial charge on any atom is 0.329 e. The van der Waals surface area contributed by atoms with Crippen LogP contribution in [-0.4, -0.2) is 44.2 Å². The van der Waals surface area contributed by atoms with Crippen LogP contribution in [0.1, 0.15) is 30.1 Å². The first kappa shape index (κ1) is 10.7. The fourth-order valence-electron chi connectivity index (χ4n) is 2.03. The molecule has 1 fully saturated rings. The molecule has 16 heavy (non-hydrogen) atoms. The Morgan fingerprint density at radius 1 is 1.62 bits per heavy atom. The maximum atomic E-state index is 12.0. The Morgan fingerprint density at radius 2 is 2.38 bits per heavy atom. The van der Waals surface area contributed by atoms with Gasteiger partial charge in [0.25, 0.3) is 5.91 Å². The van der Waals surface area contributed by atoms with Gasteiger partial charge in [-0.2, -0.15) is 5.10 Å². The number of aliphatic carboxylic acids is 1. The number of carboxylic acid groups (broad SMARTS) is 1. The number of likely N-dealkylation sites (tertiary alicyclic amines) is 1. The summed E-state index contributed by atoms with van der Waals surface area (Å²) in [6.45, 7) is 2.06. The van der Waals surface area contributed by atoms with Crippen molar-refractivity contribution in [3.63, 3.8) is 0 Å². The highest BCUT2D eigenvalue weighted by atomic mass is 16.4. The van der Waals surface area contributed by atoms with Gasteiger partial charge in [0, 0.05) is 12.7 Å². The van der Waals surface area contributed by atoms with E-state index >= 15 is 0 Å². The van der Waals surface area contributed by atoms with Crippen molar-refractivity contribution in [2.24, 2.45) is 0 Å². The summed E-state index contributed by atoms with van der Waals surface area (Å²) in [7, 11) is 0. The molecule has 1 atom stereocenters. The minimum absolute atomic E-state index is 0.281. The average molecular weight is 223 g/mol. The van der Waals surface area contributed by atoms with Crippen LogP contribution in [0, 0.1) is 0 Å². The van der Waals surface area contributed by atoms with Gasteiger partial charge >= 0.3 is 5.97 Å². The third kappa shape index (κ3) is 1.46. The predicted octanol–water partition coefficient (Wildman–Crippen LogP) is 0.489. The zero-order valence-corrected chi connectivity index (χ0v) is 8.93. The van der Waals surface area contributed by atoms with E-state index in [9.17, 15) is 14.7 Å². The van der Waals surface area contributed by atoms with E-state index in [1.165, 1.54) is 17.3 Å². The highest BCUT2D eigenvalue weighted by Gasteiger charge is 2.46. The molecule has 86 valence electrons. The fourth-order valence-corrected chi connectivity index (χ4v) is 2.03. The summed E-state index contributed by atoms with van der Waals surface area (Å²) in [6, 6.07) is 0. The normalized spacial score (nSPS) is 24.7. The molecule has 1 aromatic rings. The Kier molecular flexibility index (Phi) is 2.41. The molecule has 1 aromatic heterocycles. The van der Waals surface area contributed by atoms with E-state index in [1.54, 1.807) is 6.92 Å². The smallest absolute Gasteiger partial charge is 0.329 e. The molecule has 0 aliphatic carbocycles. The number of carbonyl (C=O) groups is 2. The summed E-state index contributed by atoms with van der Waals surface area (Å²) >= 11 is 0. The first-order valence-corrected chi connectivity index (χ1v) is 5.10. The summed E-state index contributed by atoms with van der Waals surface area (Å²) in [5.41, 5.74) is -0.691. The van der Waals surface area contributed by atoms with Crippen molar-refractivity contribution in [3.05, 3.63) is 18.0 Å². The SMILES string of the molecule is CC1(C(=O)O)CCCN1C(=O)c1cn[nH]c1. The second-order valence-electron chi connectivity index (χ2n) is 4.13.